The quantitative estimate of drug-likeness (QED) is 0.789. The average molecular weight is 325 g/mol. The van der Waals surface area contributed by atoms with Crippen LogP contribution in [-0.2, 0) is 23.6 Å². The van der Waals surface area contributed by atoms with Crippen LogP contribution in [-0.4, -0.2) is 51.3 Å². The van der Waals surface area contributed by atoms with E-state index in [0.29, 0.717) is 30.7 Å². The van der Waals surface area contributed by atoms with Gasteiger partial charge in [-0.3, -0.25) is 0 Å². The number of aryl methyl sites for hydroxylation is 1. The summed E-state index contributed by atoms with van der Waals surface area (Å²) in [6.45, 7) is 1.27. The van der Waals surface area contributed by atoms with Crippen molar-refractivity contribution in [3.63, 3.8) is 0 Å². The minimum atomic E-state index is -0.204. The molecule has 2 aromatic rings. The van der Waals surface area contributed by atoms with E-state index in [1.165, 1.54) is 0 Å². The lowest BCUT2D eigenvalue weighted by Gasteiger charge is -2.41. The van der Waals surface area contributed by atoms with Crippen molar-refractivity contribution in [1.82, 2.24) is 19.7 Å². The Bertz CT molecular complexity index is 657. The van der Waals surface area contributed by atoms with Crippen molar-refractivity contribution >= 4 is 11.6 Å². The molecule has 3 rings (SSSR count). The number of pyridine rings is 1. The van der Waals surface area contributed by atoms with Crippen molar-refractivity contribution in [3.8, 4) is 5.88 Å². The third-order valence-corrected chi connectivity index (χ3v) is 3.98. The summed E-state index contributed by atoms with van der Waals surface area (Å²) in [5.74, 6) is 1.29. The molecule has 2 aromatic heterocycles. The Hall–Kier alpha value is -1.70. The zero-order valence-electron chi connectivity index (χ0n) is 12.2. The summed E-state index contributed by atoms with van der Waals surface area (Å²) in [5, 5.41) is 17.3. The highest BCUT2D eigenvalue weighted by Crippen LogP contribution is 2.37. The molecule has 118 valence electrons. The van der Waals surface area contributed by atoms with Crippen molar-refractivity contribution in [1.29, 1.82) is 0 Å². The molecule has 7 nitrogen and oxygen atoms in total. The molecule has 8 heteroatoms. The molecule has 0 radical (unpaired) electrons. The molecule has 0 bridgehead atoms. The largest absolute Gasteiger partial charge is 0.475 e. The van der Waals surface area contributed by atoms with Gasteiger partial charge in [-0.25, -0.2) is 4.98 Å². The molecule has 0 unspecified atom stereocenters. The van der Waals surface area contributed by atoms with Gasteiger partial charge in [0.25, 0.3) is 0 Å². The number of aromatic nitrogens is 4. The summed E-state index contributed by atoms with van der Waals surface area (Å²) in [5.41, 5.74) is 0.791. The molecular weight excluding hydrogens is 308 g/mol. The lowest BCUT2D eigenvalue weighted by atomic mass is 9.76. The maximum absolute atomic E-state index is 8.86. The Morgan fingerprint density at radius 1 is 1.45 bits per heavy atom. The Kier molecular flexibility index (Phi) is 4.28. The standard InChI is InChI=1S/C14H17ClN4O3/c1-19-9-16-18-12(19)6-14(7-21-8-14)10-4-11(15)17-13(5-10)22-3-2-20/h4-5,9,20H,2-3,6-8H2,1H3. The van der Waals surface area contributed by atoms with E-state index in [4.69, 9.17) is 26.2 Å². The summed E-state index contributed by atoms with van der Waals surface area (Å²) >= 11 is 6.10. The average Bonchev–Trinajstić information content (AvgIpc) is 2.85. The van der Waals surface area contributed by atoms with Crippen molar-refractivity contribution in [2.75, 3.05) is 26.4 Å². The van der Waals surface area contributed by atoms with Gasteiger partial charge in [0.1, 0.15) is 23.9 Å². The van der Waals surface area contributed by atoms with Crippen molar-refractivity contribution in [3.05, 3.63) is 35.0 Å². The molecule has 1 N–H and O–H groups in total. The number of rotatable bonds is 6. The second-order valence-electron chi connectivity index (χ2n) is 5.40. The van der Waals surface area contributed by atoms with E-state index in [2.05, 4.69) is 15.2 Å². The van der Waals surface area contributed by atoms with Crippen LogP contribution in [0.2, 0.25) is 5.15 Å². The van der Waals surface area contributed by atoms with Crippen molar-refractivity contribution in [2.24, 2.45) is 7.05 Å². The maximum atomic E-state index is 8.86. The zero-order valence-corrected chi connectivity index (χ0v) is 13.0. The highest BCUT2D eigenvalue weighted by molar-refractivity contribution is 6.29. The van der Waals surface area contributed by atoms with Gasteiger partial charge in [0, 0.05) is 24.9 Å². The smallest absolute Gasteiger partial charge is 0.215 e. The molecule has 1 aliphatic heterocycles. The molecule has 3 heterocycles. The van der Waals surface area contributed by atoms with E-state index in [1.807, 2.05) is 23.7 Å². The van der Waals surface area contributed by atoms with Gasteiger partial charge in [-0.05, 0) is 11.6 Å². The Morgan fingerprint density at radius 2 is 2.27 bits per heavy atom. The van der Waals surface area contributed by atoms with Gasteiger partial charge in [0.05, 0.1) is 19.8 Å². The summed E-state index contributed by atoms with van der Waals surface area (Å²) in [6.07, 6.45) is 2.38. The Labute approximate surface area is 132 Å². The first-order chi connectivity index (χ1) is 10.6. The predicted octanol–water partition coefficient (Wildman–Crippen LogP) is 0.745. The monoisotopic (exact) mass is 324 g/mol. The van der Waals surface area contributed by atoms with Crippen LogP contribution in [0.4, 0.5) is 0 Å². The second kappa shape index (κ2) is 6.20. The second-order valence-corrected chi connectivity index (χ2v) is 5.78. The van der Waals surface area contributed by atoms with Gasteiger partial charge in [-0.15, -0.1) is 10.2 Å². The van der Waals surface area contributed by atoms with Crippen molar-refractivity contribution < 1.29 is 14.6 Å². The van der Waals surface area contributed by atoms with E-state index in [-0.39, 0.29) is 18.6 Å². The Balaban J connectivity index is 1.89. The molecule has 0 aliphatic carbocycles. The highest BCUT2D eigenvalue weighted by Gasteiger charge is 2.42. The Morgan fingerprint density at radius 3 is 2.86 bits per heavy atom. The zero-order chi connectivity index (χ0) is 15.6. The van der Waals surface area contributed by atoms with Crippen molar-refractivity contribution in [2.45, 2.75) is 11.8 Å². The van der Waals surface area contributed by atoms with Gasteiger partial charge < -0.3 is 19.1 Å². The lowest BCUT2D eigenvalue weighted by Crippen LogP contribution is -2.49. The molecule has 0 saturated carbocycles. The molecule has 1 saturated heterocycles. The number of halogens is 1. The third kappa shape index (κ3) is 2.92. The lowest BCUT2D eigenvalue weighted by molar-refractivity contribution is -0.0612. The molecule has 0 amide bonds. The topological polar surface area (TPSA) is 82.3 Å². The number of aliphatic hydroxyl groups is 1. The first kappa shape index (κ1) is 15.2. The normalized spacial score (nSPS) is 16.3. The van der Waals surface area contributed by atoms with E-state index in [9.17, 15) is 0 Å². The van der Waals surface area contributed by atoms with Gasteiger partial charge in [-0.1, -0.05) is 11.6 Å². The molecule has 0 atom stereocenters. The van der Waals surface area contributed by atoms with Gasteiger partial charge in [0.2, 0.25) is 5.88 Å². The summed E-state index contributed by atoms with van der Waals surface area (Å²) in [7, 11) is 1.91. The molecule has 1 aliphatic rings. The SMILES string of the molecule is Cn1cnnc1CC1(c2cc(Cl)nc(OCCO)c2)COC1. The van der Waals surface area contributed by atoms with E-state index in [0.717, 1.165) is 11.4 Å². The number of hydrogen-bond donors (Lipinski definition) is 1. The van der Waals surface area contributed by atoms with Gasteiger partial charge in [-0.2, -0.15) is 0 Å². The van der Waals surface area contributed by atoms with Crippen LogP contribution >= 0.6 is 11.6 Å². The van der Waals surface area contributed by atoms with Gasteiger partial charge >= 0.3 is 0 Å². The summed E-state index contributed by atoms with van der Waals surface area (Å²) in [4.78, 5) is 4.12. The van der Waals surface area contributed by atoms with E-state index in [1.54, 1.807) is 6.33 Å². The fourth-order valence-corrected chi connectivity index (χ4v) is 2.69. The van der Waals surface area contributed by atoms with Crippen LogP contribution in [0.5, 0.6) is 5.88 Å². The minimum absolute atomic E-state index is 0.0727. The number of hydrogen-bond acceptors (Lipinski definition) is 6. The third-order valence-electron chi connectivity index (χ3n) is 3.78. The molecule has 0 aromatic carbocycles. The van der Waals surface area contributed by atoms with E-state index >= 15 is 0 Å². The number of nitrogens with zero attached hydrogens (tertiary/aromatic N) is 4. The van der Waals surface area contributed by atoms with Crippen LogP contribution in [0, 0.1) is 0 Å². The minimum Gasteiger partial charge on any atom is -0.475 e. The van der Waals surface area contributed by atoms with Crippen LogP contribution < -0.4 is 4.74 Å². The van der Waals surface area contributed by atoms with Crippen LogP contribution in [0.25, 0.3) is 0 Å². The molecule has 1 fully saturated rings. The molecule has 0 spiro atoms. The predicted molar refractivity (Wildman–Crippen MR) is 79.0 cm³/mol. The highest BCUT2D eigenvalue weighted by atomic mass is 35.5. The fraction of sp³-hybridized carbons (Fsp3) is 0.500. The van der Waals surface area contributed by atoms with E-state index < -0.39 is 0 Å². The van der Waals surface area contributed by atoms with Crippen LogP contribution in [0.1, 0.15) is 11.4 Å². The first-order valence-electron chi connectivity index (χ1n) is 6.95. The first-order valence-corrected chi connectivity index (χ1v) is 7.33. The molecule has 22 heavy (non-hydrogen) atoms. The number of aliphatic hydroxyl groups excluding tert-OH is 1. The molecular formula is C14H17ClN4O3. The number of ether oxygens (including phenoxy) is 2. The van der Waals surface area contributed by atoms with Crippen LogP contribution in [0.15, 0.2) is 18.5 Å². The van der Waals surface area contributed by atoms with Crippen LogP contribution in [0.3, 0.4) is 0 Å². The maximum Gasteiger partial charge on any atom is 0.215 e. The van der Waals surface area contributed by atoms with Gasteiger partial charge in [0.15, 0.2) is 0 Å². The fourth-order valence-electron chi connectivity index (χ4n) is 2.49. The summed E-state index contributed by atoms with van der Waals surface area (Å²) < 4.78 is 12.7. The summed E-state index contributed by atoms with van der Waals surface area (Å²) in [6, 6.07) is 3.67.